The summed E-state index contributed by atoms with van der Waals surface area (Å²) in [5, 5.41) is 8.93. The first-order chi connectivity index (χ1) is 9.74. The van der Waals surface area contributed by atoms with E-state index in [1.54, 1.807) is 19.3 Å². The lowest BCUT2D eigenvalue weighted by Crippen LogP contribution is -2.26. The Morgan fingerprint density at radius 2 is 2.30 bits per heavy atom. The molecule has 4 heteroatoms. The number of hydrogen-bond donors (Lipinski definition) is 1. The van der Waals surface area contributed by atoms with Crippen molar-refractivity contribution >= 4 is 12.0 Å². The van der Waals surface area contributed by atoms with Gasteiger partial charge in [0, 0.05) is 31.3 Å². The van der Waals surface area contributed by atoms with E-state index in [0.29, 0.717) is 5.92 Å². The minimum Gasteiger partial charge on any atom is -0.496 e. The number of ether oxygens (including phenoxy) is 1. The monoisotopic (exact) mass is 275 g/mol. The summed E-state index contributed by atoms with van der Waals surface area (Å²) in [6, 6.07) is 7.61. The number of carbonyl (C=O) groups excluding carboxylic acids is 1. The van der Waals surface area contributed by atoms with Gasteiger partial charge < -0.3 is 14.7 Å². The Hall–Kier alpha value is -1.81. The molecule has 1 aromatic carbocycles. The maximum Gasteiger partial charge on any atom is 0.246 e. The summed E-state index contributed by atoms with van der Waals surface area (Å²) >= 11 is 0. The van der Waals surface area contributed by atoms with E-state index < -0.39 is 0 Å². The highest BCUT2D eigenvalue weighted by molar-refractivity contribution is 5.92. The summed E-state index contributed by atoms with van der Waals surface area (Å²) in [5.74, 6) is 1.22. The van der Waals surface area contributed by atoms with Crippen molar-refractivity contribution < 1.29 is 14.6 Å². The quantitative estimate of drug-likeness (QED) is 0.835. The molecule has 1 saturated heterocycles. The first-order valence-corrected chi connectivity index (χ1v) is 6.95. The molecule has 1 aliphatic heterocycles. The number of carbonyl (C=O) groups is 1. The molecule has 1 N–H and O–H groups in total. The van der Waals surface area contributed by atoms with E-state index in [2.05, 4.69) is 0 Å². The van der Waals surface area contributed by atoms with Crippen LogP contribution < -0.4 is 4.74 Å². The Balaban J connectivity index is 1.96. The molecule has 1 aromatic rings. The smallest absolute Gasteiger partial charge is 0.246 e. The molecule has 0 saturated carbocycles. The van der Waals surface area contributed by atoms with E-state index in [4.69, 9.17) is 9.84 Å². The SMILES string of the molecule is COc1ccccc1/C=C/C(=O)N1CCC(CCO)C1. The second-order valence-corrected chi connectivity index (χ2v) is 5.03. The molecular weight excluding hydrogens is 254 g/mol. The fourth-order valence-corrected chi connectivity index (χ4v) is 2.52. The average Bonchev–Trinajstić information content (AvgIpc) is 2.94. The molecule has 1 atom stereocenters. The average molecular weight is 275 g/mol. The standard InChI is InChI=1S/C16H21NO3/c1-20-15-5-3-2-4-14(15)6-7-16(19)17-10-8-13(12-17)9-11-18/h2-7,13,18H,8-12H2,1H3/b7-6+. The molecule has 108 valence electrons. The molecule has 0 spiro atoms. The predicted octanol–water partition coefficient (Wildman–Crippen LogP) is 1.94. The van der Waals surface area contributed by atoms with Crippen LogP contribution in [0.25, 0.3) is 6.08 Å². The maximum absolute atomic E-state index is 12.1. The fourth-order valence-electron chi connectivity index (χ4n) is 2.52. The number of aliphatic hydroxyl groups excluding tert-OH is 1. The lowest BCUT2D eigenvalue weighted by atomic mass is 10.1. The summed E-state index contributed by atoms with van der Waals surface area (Å²) in [5.41, 5.74) is 0.898. The van der Waals surface area contributed by atoms with E-state index in [0.717, 1.165) is 37.2 Å². The number of rotatable bonds is 5. The van der Waals surface area contributed by atoms with E-state index in [1.807, 2.05) is 29.2 Å². The Bertz CT molecular complexity index is 484. The second-order valence-electron chi connectivity index (χ2n) is 5.03. The third-order valence-corrected chi connectivity index (χ3v) is 3.68. The van der Waals surface area contributed by atoms with Crippen LogP contribution in [0.3, 0.4) is 0 Å². The van der Waals surface area contributed by atoms with Gasteiger partial charge in [0.1, 0.15) is 5.75 Å². The van der Waals surface area contributed by atoms with Crippen molar-refractivity contribution in [3.8, 4) is 5.75 Å². The number of likely N-dealkylation sites (tertiary alicyclic amines) is 1. The molecule has 2 rings (SSSR count). The molecule has 1 heterocycles. The van der Waals surface area contributed by atoms with Gasteiger partial charge in [0.05, 0.1) is 7.11 Å². The summed E-state index contributed by atoms with van der Waals surface area (Å²) in [7, 11) is 1.62. The van der Waals surface area contributed by atoms with Crippen LogP contribution in [0.1, 0.15) is 18.4 Å². The normalized spacial score (nSPS) is 18.7. The van der Waals surface area contributed by atoms with Crippen LogP contribution in [-0.2, 0) is 4.79 Å². The largest absolute Gasteiger partial charge is 0.496 e. The van der Waals surface area contributed by atoms with Gasteiger partial charge in [-0.2, -0.15) is 0 Å². The molecule has 0 aliphatic carbocycles. The van der Waals surface area contributed by atoms with Crippen molar-refractivity contribution in [3.05, 3.63) is 35.9 Å². The molecule has 1 unspecified atom stereocenters. The van der Waals surface area contributed by atoms with Crippen LogP contribution in [0, 0.1) is 5.92 Å². The second kappa shape index (κ2) is 7.10. The number of hydrogen-bond acceptors (Lipinski definition) is 3. The first kappa shape index (κ1) is 14.6. The number of methoxy groups -OCH3 is 1. The number of nitrogens with zero attached hydrogens (tertiary/aromatic N) is 1. The molecule has 1 fully saturated rings. The van der Waals surface area contributed by atoms with Crippen molar-refractivity contribution in [2.24, 2.45) is 5.92 Å². The predicted molar refractivity (Wildman–Crippen MR) is 78.4 cm³/mol. The highest BCUT2D eigenvalue weighted by Gasteiger charge is 2.24. The molecule has 1 amide bonds. The summed E-state index contributed by atoms with van der Waals surface area (Å²) in [4.78, 5) is 13.9. The zero-order chi connectivity index (χ0) is 14.4. The third kappa shape index (κ3) is 3.61. The minimum atomic E-state index is 0.0244. The summed E-state index contributed by atoms with van der Waals surface area (Å²) in [6.45, 7) is 1.72. The molecule has 0 bridgehead atoms. The van der Waals surface area contributed by atoms with Gasteiger partial charge >= 0.3 is 0 Å². The van der Waals surface area contributed by atoms with Gasteiger partial charge in [-0.15, -0.1) is 0 Å². The van der Waals surface area contributed by atoms with Gasteiger partial charge in [-0.3, -0.25) is 4.79 Å². The highest BCUT2D eigenvalue weighted by Crippen LogP contribution is 2.21. The van der Waals surface area contributed by atoms with E-state index >= 15 is 0 Å². The highest BCUT2D eigenvalue weighted by atomic mass is 16.5. The van der Waals surface area contributed by atoms with Crippen LogP contribution in [0.2, 0.25) is 0 Å². The van der Waals surface area contributed by atoms with Crippen molar-refractivity contribution in [3.63, 3.8) is 0 Å². The van der Waals surface area contributed by atoms with Crippen LogP contribution >= 0.6 is 0 Å². The van der Waals surface area contributed by atoms with Crippen LogP contribution in [0.5, 0.6) is 5.75 Å². The third-order valence-electron chi connectivity index (χ3n) is 3.68. The molecule has 0 radical (unpaired) electrons. The number of benzene rings is 1. The Kier molecular flexibility index (Phi) is 5.18. The van der Waals surface area contributed by atoms with E-state index in [1.165, 1.54) is 0 Å². The number of para-hydroxylation sites is 1. The van der Waals surface area contributed by atoms with Gasteiger partial charge in [-0.1, -0.05) is 18.2 Å². The van der Waals surface area contributed by atoms with E-state index in [-0.39, 0.29) is 12.5 Å². The Morgan fingerprint density at radius 3 is 3.05 bits per heavy atom. The molecule has 20 heavy (non-hydrogen) atoms. The maximum atomic E-state index is 12.1. The summed E-state index contributed by atoms with van der Waals surface area (Å²) < 4.78 is 5.25. The zero-order valence-corrected chi connectivity index (χ0v) is 11.8. The molecule has 0 aromatic heterocycles. The van der Waals surface area contributed by atoms with Gasteiger partial charge in [0.2, 0.25) is 5.91 Å². The van der Waals surface area contributed by atoms with Crippen molar-refractivity contribution in [1.29, 1.82) is 0 Å². The van der Waals surface area contributed by atoms with Gasteiger partial charge in [-0.25, -0.2) is 0 Å². The first-order valence-electron chi connectivity index (χ1n) is 6.95. The summed E-state index contributed by atoms with van der Waals surface area (Å²) in [6.07, 6.45) is 5.15. The van der Waals surface area contributed by atoms with Gasteiger partial charge in [0.15, 0.2) is 0 Å². The van der Waals surface area contributed by atoms with Gasteiger partial charge in [0.25, 0.3) is 0 Å². The Labute approximate surface area is 119 Å². The van der Waals surface area contributed by atoms with Crippen molar-refractivity contribution in [2.75, 3.05) is 26.8 Å². The lowest BCUT2D eigenvalue weighted by Gasteiger charge is -2.14. The van der Waals surface area contributed by atoms with Crippen LogP contribution in [-0.4, -0.2) is 42.7 Å². The molecule has 4 nitrogen and oxygen atoms in total. The van der Waals surface area contributed by atoms with Crippen molar-refractivity contribution in [1.82, 2.24) is 4.90 Å². The zero-order valence-electron chi connectivity index (χ0n) is 11.8. The Morgan fingerprint density at radius 1 is 1.50 bits per heavy atom. The lowest BCUT2D eigenvalue weighted by molar-refractivity contribution is -0.125. The minimum absolute atomic E-state index is 0.0244. The number of amides is 1. The van der Waals surface area contributed by atoms with E-state index in [9.17, 15) is 4.79 Å². The molecule has 1 aliphatic rings. The number of aliphatic hydroxyl groups is 1. The van der Waals surface area contributed by atoms with Crippen LogP contribution in [0.4, 0.5) is 0 Å². The fraction of sp³-hybridized carbons (Fsp3) is 0.438. The van der Waals surface area contributed by atoms with Crippen molar-refractivity contribution in [2.45, 2.75) is 12.8 Å². The topological polar surface area (TPSA) is 49.8 Å². The van der Waals surface area contributed by atoms with Crippen LogP contribution in [0.15, 0.2) is 30.3 Å². The molecular formula is C16H21NO3. The van der Waals surface area contributed by atoms with Gasteiger partial charge in [-0.05, 0) is 30.9 Å².